The Labute approximate surface area is 94.3 Å². The van der Waals surface area contributed by atoms with Crippen molar-refractivity contribution in [2.45, 2.75) is 31.5 Å². The molecule has 0 amide bonds. The molecule has 2 N–H and O–H groups in total. The van der Waals surface area contributed by atoms with E-state index in [2.05, 4.69) is 0 Å². The highest BCUT2D eigenvalue weighted by molar-refractivity contribution is 5.80. The lowest BCUT2D eigenvalue weighted by atomic mass is 9.80. The number of esters is 1. The van der Waals surface area contributed by atoms with Crippen LogP contribution >= 0.6 is 0 Å². The maximum atomic E-state index is 11.7. The van der Waals surface area contributed by atoms with Crippen molar-refractivity contribution in [3.63, 3.8) is 0 Å². The Morgan fingerprint density at radius 2 is 2.00 bits per heavy atom. The van der Waals surface area contributed by atoms with Crippen LogP contribution < -0.4 is 5.90 Å². The summed E-state index contributed by atoms with van der Waals surface area (Å²) in [5.41, 5.74) is 0.0803. The molecule has 0 unspecified atom stereocenters. The Bertz CT molecular complexity index is 354. The topological polar surface area (TPSA) is 61.5 Å². The number of hydrogen-bond acceptors (Lipinski definition) is 4. The molecule has 0 heterocycles. The first-order chi connectivity index (χ1) is 7.77. The maximum Gasteiger partial charge on any atom is 0.340 e. The molecule has 2 rings (SSSR count). The van der Waals surface area contributed by atoms with Crippen molar-refractivity contribution in [3.8, 4) is 0 Å². The number of carbonyl (C=O) groups is 1. The Kier molecular flexibility index (Phi) is 3.22. The van der Waals surface area contributed by atoms with Gasteiger partial charge in [-0.15, -0.1) is 0 Å². The Hall–Kier alpha value is -1.39. The van der Waals surface area contributed by atoms with Crippen molar-refractivity contribution in [1.82, 2.24) is 0 Å². The van der Waals surface area contributed by atoms with Crippen LogP contribution in [-0.4, -0.2) is 11.6 Å². The van der Waals surface area contributed by atoms with Crippen LogP contribution in [0, 0.1) is 0 Å². The van der Waals surface area contributed by atoms with Crippen LogP contribution in [0.15, 0.2) is 30.3 Å². The van der Waals surface area contributed by atoms with Gasteiger partial charge in [-0.25, -0.2) is 10.7 Å². The van der Waals surface area contributed by atoms with Crippen LogP contribution in [0.5, 0.6) is 0 Å². The van der Waals surface area contributed by atoms with Gasteiger partial charge in [0.1, 0.15) is 6.61 Å². The zero-order valence-electron chi connectivity index (χ0n) is 9.02. The van der Waals surface area contributed by atoms with Gasteiger partial charge in [-0.3, -0.25) is 4.84 Å². The van der Waals surface area contributed by atoms with E-state index >= 15 is 0 Å². The molecule has 4 nitrogen and oxygen atoms in total. The summed E-state index contributed by atoms with van der Waals surface area (Å²) in [6.07, 6.45) is 2.26. The van der Waals surface area contributed by atoms with E-state index in [0.717, 1.165) is 12.0 Å². The van der Waals surface area contributed by atoms with Gasteiger partial charge in [0.25, 0.3) is 0 Å². The number of benzene rings is 1. The molecule has 0 atom stereocenters. The van der Waals surface area contributed by atoms with E-state index < -0.39 is 5.60 Å². The lowest BCUT2D eigenvalue weighted by Crippen LogP contribution is -2.50. The molecule has 16 heavy (non-hydrogen) atoms. The summed E-state index contributed by atoms with van der Waals surface area (Å²) in [7, 11) is 0. The van der Waals surface area contributed by atoms with Gasteiger partial charge in [0.15, 0.2) is 5.60 Å². The zero-order valence-corrected chi connectivity index (χ0v) is 9.02. The lowest BCUT2D eigenvalue weighted by molar-refractivity contribution is -0.187. The summed E-state index contributed by atoms with van der Waals surface area (Å²) >= 11 is 0. The van der Waals surface area contributed by atoms with Crippen LogP contribution in [0.1, 0.15) is 24.8 Å². The van der Waals surface area contributed by atoms with Gasteiger partial charge in [-0.05, 0) is 24.8 Å². The number of nitrogens with two attached hydrogens (primary N) is 1. The average molecular weight is 221 g/mol. The minimum absolute atomic E-state index is 0.269. The van der Waals surface area contributed by atoms with Crippen LogP contribution in [0.25, 0.3) is 0 Å². The molecule has 0 aromatic heterocycles. The first kappa shape index (κ1) is 11.1. The summed E-state index contributed by atoms with van der Waals surface area (Å²) in [4.78, 5) is 16.5. The fourth-order valence-corrected chi connectivity index (χ4v) is 1.72. The third-order valence-electron chi connectivity index (χ3n) is 2.97. The van der Waals surface area contributed by atoms with Gasteiger partial charge in [-0.2, -0.15) is 0 Å². The lowest BCUT2D eigenvalue weighted by Gasteiger charge is -2.36. The van der Waals surface area contributed by atoms with Crippen molar-refractivity contribution < 1.29 is 14.4 Å². The van der Waals surface area contributed by atoms with Crippen LogP contribution in [0.3, 0.4) is 0 Å². The van der Waals surface area contributed by atoms with E-state index in [1.54, 1.807) is 0 Å². The minimum atomic E-state index is -0.880. The Morgan fingerprint density at radius 1 is 1.31 bits per heavy atom. The molecule has 0 spiro atoms. The normalized spacial score (nSPS) is 17.6. The molecule has 1 saturated carbocycles. The molecule has 0 aliphatic heterocycles. The number of rotatable bonds is 4. The molecule has 0 radical (unpaired) electrons. The predicted molar refractivity (Wildman–Crippen MR) is 58.1 cm³/mol. The van der Waals surface area contributed by atoms with Crippen molar-refractivity contribution in [2.24, 2.45) is 5.90 Å². The second kappa shape index (κ2) is 4.63. The van der Waals surface area contributed by atoms with Crippen molar-refractivity contribution in [3.05, 3.63) is 35.9 Å². The summed E-state index contributed by atoms with van der Waals surface area (Å²) < 4.78 is 5.18. The molecular formula is C12H15NO3. The smallest absolute Gasteiger partial charge is 0.340 e. The Morgan fingerprint density at radius 3 is 2.50 bits per heavy atom. The van der Waals surface area contributed by atoms with Crippen molar-refractivity contribution >= 4 is 5.97 Å². The first-order valence-electron chi connectivity index (χ1n) is 5.36. The summed E-state index contributed by atoms with van der Waals surface area (Å²) in [5, 5.41) is 0. The van der Waals surface area contributed by atoms with Gasteiger partial charge < -0.3 is 4.74 Å². The predicted octanol–water partition coefficient (Wildman–Crippen LogP) is 1.54. The molecule has 1 aromatic carbocycles. The molecule has 4 heteroatoms. The molecule has 0 saturated heterocycles. The fourth-order valence-electron chi connectivity index (χ4n) is 1.72. The number of ether oxygens (including phenoxy) is 1. The number of carbonyl (C=O) groups excluding carboxylic acids is 1. The minimum Gasteiger partial charge on any atom is -0.459 e. The van der Waals surface area contributed by atoms with Crippen molar-refractivity contribution in [2.75, 3.05) is 0 Å². The largest absolute Gasteiger partial charge is 0.459 e. The van der Waals surface area contributed by atoms with Crippen LogP contribution in [0.4, 0.5) is 0 Å². The maximum absolute atomic E-state index is 11.7. The highest BCUT2D eigenvalue weighted by Crippen LogP contribution is 2.35. The zero-order chi connectivity index (χ0) is 11.4. The van der Waals surface area contributed by atoms with E-state index in [-0.39, 0.29) is 12.6 Å². The summed E-state index contributed by atoms with van der Waals surface area (Å²) in [6.45, 7) is 0.269. The SMILES string of the molecule is NOC1(C(=O)OCc2ccccc2)CCC1. The average Bonchev–Trinajstić information content (AvgIpc) is 2.27. The van der Waals surface area contributed by atoms with Gasteiger partial charge in [0.2, 0.25) is 0 Å². The van der Waals surface area contributed by atoms with Crippen molar-refractivity contribution in [1.29, 1.82) is 0 Å². The molecule has 0 bridgehead atoms. The van der Waals surface area contributed by atoms with E-state index in [0.29, 0.717) is 12.8 Å². The molecule has 1 fully saturated rings. The highest BCUT2D eigenvalue weighted by atomic mass is 16.7. The fraction of sp³-hybridized carbons (Fsp3) is 0.417. The highest BCUT2D eigenvalue weighted by Gasteiger charge is 2.47. The first-order valence-corrected chi connectivity index (χ1v) is 5.36. The molecule has 1 aliphatic carbocycles. The molecule has 1 aliphatic rings. The van der Waals surface area contributed by atoms with E-state index in [9.17, 15) is 4.79 Å². The standard InChI is InChI=1S/C12H15NO3/c13-16-12(7-4-8-12)11(14)15-9-10-5-2-1-3-6-10/h1-3,5-6H,4,7-9,13H2. The number of hydrogen-bond donors (Lipinski definition) is 1. The van der Waals surface area contributed by atoms with Gasteiger partial charge in [0.05, 0.1) is 0 Å². The van der Waals surface area contributed by atoms with Gasteiger partial charge in [0, 0.05) is 0 Å². The third-order valence-corrected chi connectivity index (χ3v) is 2.97. The monoisotopic (exact) mass is 221 g/mol. The van der Waals surface area contributed by atoms with E-state index in [1.807, 2.05) is 30.3 Å². The van der Waals surface area contributed by atoms with Gasteiger partial charge >= 0.3 is 5.97 Å². The second-order valence-corrected chi connectivity index (χ2v) is 4.03. The van der Waals surface area contributed by atoms with Crippen LogP contribution in [0.2, 0.25) is 0 Å². The second-order valence-electron chi connectivity index (χ2n) is 4.03. The van der Waals surface area contributed by atoms with Crippen LogP contribution in [-0.2, 0) is 21.0 Å². The molecular weight excluding hydrogens is 206 g/mol. The molecule has 1 aromatic rings. The summed E-state index contributed by atoms with van der Waals surface area (Å²) in [6, 6.07) is 9.54. The third kappa shape index (κ3) is 2.08. The quantitative estimate of drug-likeness (QED) is 0.619. The van der Waals surface area contributed by atoms with Gasteiger partial charge in [-0.1, -0.05) is 30.3 Å². The summed E-state index contributed by atoms with van der Waals surface area (Å²) in [5.74, 6) is 4.78. The Balaban J connectivity index is 1.89. The molecule has 86 valence electrons. The van der Waals surface area contributed by atoms with E-state index in [4.69, 9.17) is 15.5 Å². The van der Waals surface area contributed by atoms with E-state index in [1.165, 1.54) is 0 Å².